The van der Waals surface area contributed by atoms with E-state index in [1.807, 2.05) is 45.0 Å². The summed E-state index contributed by atoms with van der Waals surface area (Å²) in [6, 6.07) is 6.09. The van der Waals surface area contributed by atoms with Gasteiger partial charge in [0.15, 0.2) is 0 Å². The summed E-state index contributed by atoms with van der Waals surface area (Å²) in [6.07, 6.45) is 1.27. The zero-order valence-electron chi connectivity index (χ0n) is 22.9. The molecule has 0 aliphatic carbocycles. The minimum Gasteiger partial charge on any atom is -0.394 e. The number of likely N-dealkylation sites (tertiary alicyclic amines) is 1. The van der Waals surface area contributed by atoms with Gasteiger partial charge >= 0.3 is 0 Å². The van der Waals surface area contributed by atoms with E-state index in [1.54, 1.807) is 6.92 Å². The molecule has 0 saturated carbocycles. The Bertz CT molecular complexity index is 1030. The van der Waals surface area contributed by atoms with E-state index < -0.39 is 35.1 Å². The molecule has 204 valence electrons. The molecule has 2 bridgehead atoms. The average molecular weight is 515 g/mol. The van der Waals surface area contributed by atoms with Crippen molar-refractivity contribution in [3.8, 4) is 0 Å². The van der Waals surface area contributed by atoms with Crippen LogP contribution in [-0.4, -0.2) is 77.3 Å². The third kappa shape index (κ3) is 4.20. The van der Waals surface area contributed by atoms with Gasteiger partial charge in [-0.25, -0.2) is 0 Å². The van der Waals surface area contributed by atoms with Crippen LogP contribution in [0.15, 0.2) is 24.3 Å². The molecular weight excluding hydrogens is 472 g/mol. The molecule has 3 aliphatic rings. The number of nitrogens with one attached hydrogen (secondary N) is 2. The van der Waals surface area contributed by atoms with Crippen molar-refractivity contribution in [2.75, 3.05) is 36.5 Å². The highest BCUT2D eigenvalue weighted by Gasteiger charge is 2.80. The van der Waals surface area contributed by atoms with Gasteiger partial charge in [-0.2, -0.15) is 0 Å². The summed E-state index contributed by atoms with van der Waals surface area (Å²) in [4.78, 5) is 44.9. The van der Waals surface area contributed by atoms with Crippen molar-refractivity contribution in [1.29, 1.82) is 0 Å². The maximum Gasteiger partial charge on any atom is 0.250 e. The van der Waals surface area contributed by atoms with Gasteiger partial charge in [0.1, 0.15) is 11.6 Å². The first kappa shape index (κ1) is 27.4. The number of carbonyl (C=O) groups is 3. The normalized spacial score (nSPS) is 32.8. The fraction of sp³-hybridized carbons (Fsp3) is 0.679. The number of anilines is 2. The first-order valence-electron chi connectivity index (χ1n) is 13.7. The van der Waals surface area contributed by atoms with Crippen molar-refractivity contribution in [2.45, 2.75) is 77.7 Å². The largest absolute Gasteiger partial charge is 0.394 e. The number of hydrogen-bond donors (Lipinski definition) is 3. The second-order valence-electron chi connectivity index (χ2n) is 11.0. The lowest BCUT2D eigenvalue weighted by atomic mass is 9.62. The molecule has 3 heterocycles. The van der Waals surface area contributed by atoms with Gasteiger partial charge in [-0.05, 0) is 70.7 Å². The quantitative estimate of drug-likeness (QED) is 0.442. The molecule has 3 N–H and O–H groups in total. The van der Waals surface area contributed by atoms with Crippen molar-refractivity contribution < 1.29 is 24.2 Å². The van der Waals surface area contributed by atoms with E-state index in [-0.39, 0.29) is 30.2 Å². The Balaban J connectivity index is 1.69. The highest BCUT2D eigenvalue weighted by molar-refractivity contribution is 6.04. The van der Waals surface area contributed by atoms with Crippen LogP contribution in [0.25, 0.3) is 0 Å². The second kappa shape index (κ2) is 10.3. The predicted octanol–water partition coefficient (Wildman–Crippen LogP) is 2.39. The summed E-state index contributed by atoms with van der Waals surface area (Å²) in [5.41, 5.74) is -0.298. The maximum atomic E-state index is 13.9. The van der Waals surface area contributed by atoms with Gasteiger partial charge in [0.05, 0.1) is 30.1 Å². The lowest BCUT2D eigenvalue weighted by Crippen LogP contribution is -2.56. The van der Waals surface area contributed by atoms with E-state index in [0.29, 0.717) is 18.7 Å². The van der Waals surface area contributed by atoms with Crippen molar-refractivity contribution in [3.05, 3.63) is 24.3 Å². The highest BCUT2D eigenvalue weighted by Crippen LogP contribution is 2.65. The van der Waals surface area contributed by atoms with Gasteiger partial charge in [0.25, 0.3) is 0 Å². The van der Waals surface area contributed by atoms with Gasteiger partial charge < -0.3 is 30.3 Å². The van der Waals surface area contributed by atoms with Gasteiger partial charge in [0.2, 0.25) is 17.7 Å². The van der Waals surface area contributed by atoms with Crippen LogP contribution in [0.3, 0.4) is 0 Å². The minimum absolute atomic E-state index is 0.0260. The monoisotopic (exact) mass is 514 g/mol. The zero-order chi connectivity index (χ0) is 27.1. The SMILES string of the molecule is CCCNC(=O)[C@H]1[C@H]2C(=O)N([C@H](C)CO)C(C(=O)Nc3ccc(N(CC)CC)cc3)C23CC(C)[C@]1(C)O3. The van der Waals surface area contributed by atoms with Crippen LogP contribution in [0.1, 0.15) is 54.4 Å². The summed E-state index contributed by atoms with van der Waals surface area (Å²) in [6.45, 7) is 13.8. The standard InChI is InChI=1S/C28H42N4O5/c1-7-14-29-24(34)21-22-26(36)32(18(5)16-33)23(28(22)15-17(4)27(21,6)37-28)25(35)30-19-10-12-20(13-11-19)31(8-2)9-3/h10-13,17-18,21-23,33H,7-9,14-16H2,1-6H3,(H,29,34)(H,30,35)/t17?,18-,21-,22+,23?,27+,28?/m1/s1. The molecule has 3 fully saturated rings. The topological polar surface area (TPSA) is 111 Å². The van der Waals surface area contributed by atoms with Crippen molar-refractivity contribution in [1.82, 2.24) is 10.2 Å². The molecule has 7 atom stereocenters. The first-order valence-corrected chi connectivity index (χ1v) is 13.7. The molecule has 3 aliphatic heterocycles. The van der Waals surface area contributed by atoms with Crippen LogP contribution in [0.5, 0.6) is 0 Å². The number of aliphatic hydroxyl groups excluding tert-OH is 1. The van der Waals surface area contributed by atoms with Crippen LogP contribution in [0, 0.1) is 17.8 Å². The van der Waals surface area contributed by atoms with E-state index in [4.69, 9.17) is 4.74 Å². The lowest BCUT2D eigenvalue weighted by Gasteiger charge is -2.36. The summed E-state index contributed by atoms with van der Waals surface area (Å²) < 4.78 is 6.67. The number of aliphatic hydroxyl groups is 1. The maximum absolute atomic E-state index is 13.9. The number of fused-ring (bicyclic) bond motifs is 1. The molecule has 0 radical (unpaired) electrons. The van der Waals surface area contributed by atoms with E-state index in [9.17, 15) is 19.5 Å². The molecular formula is C28H42N4O5. The Morgan fingerprint density at radius 3 is 2.41 bits per heavy atom. The summed E-state index contributed by atoms with van der Waals surface area (Å²) in [5.74, 6) is -2.37. The molecule has 9 nitrogen and oxygen atoms in total. The Kier molecular flexibility index (Phi) is 7.59. The lowest BCUT2D eigenvalue weighted by molar-refractivity contribution is -0.148. The average Bonchev–Trinajstić information content (AvgIpc) is 3.40. The van der Waals surface area contributed by atoms with Gasteiger partial charge in [0, 0.05) is 31.0 Å². The van der Waals surface area contributed by atoms with E-state index >= 15 is 0 Å². The van der Waals surface area contributed by atoms with Crippen LogP contribution in [0.2, 0.25) is 0 Å². The van der Waals surface area contributed by atoms with Crippen molar-refractivity contribution in [3.63, 3.8) is 0 Å². The fourth-order valence-corrected chi connectivity index (χ4v) is 6.85. The molecule has 37 heavy (non-hydrogen) atoms. The van der Waals surface area contributed by atoms with Crippen LogP contribution in [-0.2, 0) is 19.1 Å². The summed E-state index contributed by atoms with van der Waals surface area (Å²) in [5, 5.41) is 16.0. The Morgan fingerprint density at radius 2 is 1.84 bits per heavy atom. The molecule has 3 amide bonds. The van der Waals surface area contributed by atoms with E-state index in [2.05, 4.69) is 29.4 Å². The minimum atomic E-state index is -1.13. The molecule has 1 aromatic rings. The van der Waals surface area contributed by atoms with Crippen molar-refractivity contribution >= 4 is 29.1 Å². The van der Waals surface area contributed by atoms with Crippen LogP contribution in [0.4, 0.5) is 11.4 Å². The van der Waals surface area contributed by atoms with Crippen LogP contribution < -0.4 is 15.5 Å². The number of rotatable bonds is 10. The van der Waals surface area contributed by atoms with Gasteiger partial charge in [-0.3, -0.25) is 14.4 Å². The fourth-order valence-electron chi connectivity index (χ4n) is 6.85. The third-order valence-electron chi connectivity index (χ3n) is 8.84. The molecule has 3 saturated heterocycles. The van der Waals surface area contributed by atoms with Gasteiger partial charge in [-0.15, -0.1) is 0 Å². The number of nitrogens with zero attached hydrogens (tertiary/aromatic N) is 2. The molecule has 4 rings (SSSR count). The summed E-state index contributed by atoms with van der Waals surface area (Å²) >= 11 is 0. The highest BCUT2D eigenvalue weighted by atomic mass is 16.5. The zero-order valence-corrected chi connectivity index (χ0v) is 22.9. The number of ether oxygens (including phenoxy) is 1. The number of carbonyl (C=O) groups excluding carboxylic acids is 3. The molecule has 0 aromatic heterocycles. The molecule has 9 heteroatoms. The first-order chi connectivity index (χ1) is 17.6. The Hall–Kier alpha value is -2.65. The molecule has 3 unspecified atom stereocenters. The smallest absolute Gasteiger partial charge is 0.250 e. The van der Waals surface area contributed by atoms with Gasteiger partial charge in [-0.1, -0.05) is 13.8 Å². The van der Waals surface area contributed by atoms with E-state index in [1.165, 1.54) is 4.90 Å². The Morgan fingerprint density at radius 1 is 1.19 bits per heavy atom. The summed E-state index contributed by atoms with van der Waals surface area (Å²) in [7, 11) is 0. The number of benzene rings is 1. The third-order valence-corrected chi connectivity index (χ3v) is 8.84. The molecule has 1 aromatic carbocycles. The van der Waals surface area contributed by atoms with Crippen molar-refractivity contribution in [2.24, 2.45) is 17.8 Å². The number of hydrogen-bond acceptors (Lipinski definition) is 6. The Labute approximate surface area is 219 Å². The number of amides is 3. The van der Waals surface area contributed by atoms with Crippen LogP contribution >= 0.6 is 0 Å². The van der Waals surface area contributed by atoms with E-state index in [0.717, 1.165) is 25.2 Å². The molecule has 1 spiro atoms. The predicted molar refractivity (Wildman–Crippen MR) is 142 cm³/mol. The second-order valence-corrected chi connectivity index (χ2v) is 11.0.